The number of halogens is 1. The molecule has 8 heteroatoms. The minimum absolute atomic E-state index is 0. The molecule has 3 aromatic rings. The van der Waals surface area contributed by atoms with E-state index in [1.54, 1.807) is 18.4 Å². The van der Waals surface area contributed by atoms with Crippen LogP contribution in [-0.2, 0) is 6.54 Å². The van der Waals surface area contributed by atoms with Crippen molar-refractivity contribution in [2.75, 3.05) is 24.4 Å². The van der Waals surface area contributed by atoms with Crippen LogP contribution in [0.25, 0.3) is 0 Å². The van der Waals surface area contributed by atoms with Gasteiger partial charge in [0.05, 0.1) is 24.8 Å². The highest BCUT2D eigenvalue weighted by atomic mass is 79.9. The summed E-state index contributed by atoms with van der Waals surface area (Å²) < 4.78 is 13.6. The third-order valence-electron chi connectivity index (χ3n) is 6.82. The van der Waals surface area contributed by atoms with Gasteiger partial charge < -0.3 is 37.1 Å². The Balaban J connectivity index is 0.00000560. The molecule has 0 bridgehead atoms. The van der Waals surface area contributed by atoms with Gasteiger partial charge in [-0.05, 0) is 24.6 Å². The second-order valence-corrected chi connectivity index (χ2v) is 10.8. The van der Waals surface area contributed by atoms with Crippen LogP contribution in [0.2, 0.25) is 0 Å². The summed E-state index contributed by atoms with van der Waals surface area (Å²) in [7, 11) is 1.63. The number of unbranched alkanes of at least 4 members (excludes halogenated alkanes) is 11. The van der Waals surface area contributed by atoms with Crippen LogP contribution in [0.3, 0.4) is 0 Å². The lowest BCUT2D eigenvalue weighted by Gasteiger charge is -2.14. The molecule has 0 aliphatic carbocycles. The van der Waals surface area contributed by atoms with Crippen LogP contribution in [0.5, 0.6) is 11.5 Å². The lowest BCUT2D eigenvalue weighted by atomic mass is 10.1. The van der Waals surface area contributed by atoms with Gasteiger partial charge in [0.25, 0.3) is 0 Å². The lowest BCUT2D eigenvalue weighted by Crippen LogP contribution is -3.00. The molecule has 0 saturated carbocycles. The summed E-state index contributed by atoms with van der Waals surface area (Å²) in [5, 5.41) is 7.94. The van der Waals surface area contributed by atoms with E-state index in [-0.39, 0.29) is 23.0 Å². The van der Waals surface area contributed by atoms with Crippen molar-refractivity contribution in [2.24, 2.45) is 0 Å². The van der Waals surface area contributed by atoms with Crippen molar-refractivity contribution in [1.82, 2.24) is 0 Å². The first kappa shape index (κ1) is 33.6. The number of urea groups is 1. The SMILES string of the molecule is CCCCCCCCCCCCCCOc1cc(NC(=O)Nc2ccccc2C[n+]2ccsc2)ccc1OC.[Br-]. The second-order valence-electron chi connectivity index (χ2n) is 10.0. The number of ether oxygens (including phenoxy) is 2. The predicted molar refractivity (Wildman–Crippen MR) is 162 cm³/mol. The molecule has 0 unspecified atom stereocenters. The number of carbonyl (C=O) groups is 1. The number of hydrogen-bond donors (Lipinski definition) is 2. The number of hydrogen-bond acceptors (Lipinski definition) is 4. The van der Waals surface area contributed by atoms with E-state index < -0.39 is 0 Å². The lowest BCUT2D eigenvalue weighted by molar-refractivity contribution is -0.683. The summed E-state index contributed by atoms with van der Waals surface area (Å²) in [6, 6.07) is 13.0. The fraction of sp³-hybridized carbons (Fsp3) is 0.500. The van der Waals surface area contributed by atoms with Crippen LogP contribution in [0.1, 0.15) is 89.5 Å². The molecular formula is C32H46BrN3O3S. The first-order chi connectivity index (χ1) is 19.2. The molecule has 40 heavy (non-hydrogen) atoms. The summed E-state index contributed by atoms with van der Waals surface area (Å²) in [6.07, 6.45) is 17.8. The van der Waals surface area contributed by atoms with Crippen LogP contribution in [-0.4, -0.2) is 19.7 Å². The van der Waals surface area contributed by atoms with Gasteiger partial charge in [-0.1, -0.05) is 107 Å². The molecule has 0 atom stereocenters. The van der Waals surface area contributed by atoms with E-state index in [0.717, 1.165) is 17.7 Å². The quantitative estimate of drug-likeness (QED) is 0.129. The molecule has 0 spiro atoms. The highest BCUT2D eigenvalue weighted by Crippen LogP contribution is 2.30. The monoisotopic (exact) mass is 631 g/mol. The van der Waals surface area contributed by atoms with E-state index in [9.17, 15) is 4.79 Å². The number of nitrogens with zero attached hydrogens (tertiary/aromatic N) is 1. The minimum Gasteiger partial charge on any atom is -1.00 e. The Morgan fingerprint density at radius 1 is 0.850 bits per heavy atom. The minimum atomic E-state index is -0.296. The molecule has 6 nitrogen and oxygen atoms in total. The number of thiazole rings is 1. The standard InChI is InChI=1S/C32H45N3O3S.BrH/c1-3-4-5-6-7-8-9-10-11-12-13-16-22-38-31-24-28(19-20-30(31)37-2)33-32(36)34-29-18-15-14-17-27(29)25-35-21-23-39-26-35;/h14-15,17-21,23-24,26H,3-13,16,22,25H2,1-2H3,(H-,33,34,36);1H. The van der Waals surface area contributed by atoms with E-state index in [2.05, 4.69) is 22.1 Å². The largest absolute Gasteiger partial charge is 1.00 e. The van der Waals surface area contributed by atoms with E-state index in [1.165, 1.54) is 70.6 Å². The van der Waals surface area contributed by atoms with Gasteiger partial charge in [0.15, 0.2) is 24.2 Å². The predicted octanol–water partition coefficient (Wildman–Crippen LogP) is 5.82. The van der Waals surface area contributed by atoms with Crippen LogP contribution in [0.4, 0.5) is 16.2 Å². The average molecular weight is 633 g/mol. The number of para-hydroxylation sites is 1. The molecule has 2 N–H and O–H groups in total. The Labute approximate surface area is 255 Å². The topological polar surface area (TPSA) is 63.5 Å². The molecule has 3 rings (SSSR count). The normalized spacial score (nSPS) is 10.6. The van der Waals surface area contributed by atoms with Crippen molar-refractivity contribution in [3.63, 3.8) is 0 Å². The zero-order valence-corrected chi connectivity index (χ0v) is 26.5. The van der Waals surface area contributed by atoms with Crippen molar-refractivity contribution >= 4 is 28.7 Å². The van der Waals surface area contributed by atoms with Gasteiger partial charge >= 0.3 is 6.03 Å². The summed E-state index contributed by atoms with van der Waals surface area (Å²) in [6.45, 7) is 3.60. The maximum atomic E-state index is 12.8. The molecule has 0 aliphatic heterocycles. The maximum absolute atomic E-state index is 12.8. The van der Waals surface area contributed by atoms with E-state index >= 15 is 0 Å². The van der Waals surface area contributed by atoms with Gasteiger partial charge in [0, 0.05) is 17.3 Å². The van der Waals surface area contributed by atoms with Gasteiger partial charge in [-0.2, -0.15) is 4.57 Å². The number of nitrogens with one attached hydrogen (secondary N) is 2. The van der Waals surface area contributed by atoms with Crippen molar-refractivity contribution in [3.8, 4) is 11.5 Å². The summed E-state index contributed by atoms with van der Waals surface area (Å²) >= 11 is 1.64. The van der Waals surface area contributed by atoms with Crippen LogP contribution >= 0.6 is 11.3 Å². The number of anilines is 2. The van der Waals surface area contributed by atoms with Gasteiger partial charge in [-0.25, -0.2) is 4.79 Å². The van der Waals surface area contributed by atoms with Gasteiger partial charge in [-0.3, -0.25) is 0 Å². The fourth-order valence-electron chi connectivity index (χ4n) is 4.61. The Bertz CT molecular complexity index is 1090. The molecule has 2 amide bonds. The van der Waals surface area contributed by atoms with Crippen LogP contribution in [0, 0.1) is 0 Å². The Morgan fingerprint density at radius 3 is 2.17 bits per heavy atom. The highest BCUT2D eigenvalue weighted by Gasteiger charge is 2.12. The molecule has 0 fully saturated rings. The summed E-state index contributed by atoms with van der Waals surface area (Å²) in [5.74, 6) is 1.31. The average Bonchev–Trinajstić information content (AvgIpc) is 3.46. The molecule has 1 aromatic heterocycles. The molecule has 0 aliphatic rings. The summed E-state index contributed by atoms with van der Waals surface area (Å²) in [4.78, 5) is 12.8. The Kier molecular flexibility index (Phi) is 17.1. The first-order valence-electron chi connectivity index (χ1n) is 14.6. The zero-order chi connectivity index (χ0) is 27.5. The maximum Gasteiger partial charge on any atom is 0.323 e. The Morgan fingerprint density at radius 2 is 1.52 bits per heavy atom. The van der Waals surface area contributed by atoms with E-state index in [4.69, 9.17) is 9.47 Å². The highest BCUT2D eigenvalue weighted by molar-refractivity contribution is 7.07. The third-order valence-corrected chi connectivity index (χ3v) is 7.49. The molecule has 1 heterocycles. The van der Waals surface area contributed by atoms with Crippen LogP contribution in [0.15, 0.2) is 59.6 Å². The fourth-order valence-corrected chi connectivity index (χ4v) is 5.20. The summed E-state index contributed by atoms with van der Waals surface area (Å²) in [5.41, 5.74) is 4.53. The third kappa shape index (κ3) is 12.7. The van der Waals surface area contributed by atoms with Crippen molar-refractivity contribution in [3.05, 3.63) is 65.1 Å². The molecular weight excluding hydrogens is 586 g/mol. The number of rotatable bonds is 19. The number of benzene rings is 2. The van der Waals surface area contributed by atoms with Crippen molar-refractivity contribution in [2.45, 2.75) is 90.5 Å². The number of carbonyl (C=O) groups excluding carboxylic acids is 1. The van der Waals surface area contributed by atoms with E-state index in [0.29, 0.717) is 30.3 Å². The molecule has 220 valence electrons. The first-order valence-corrected chi connectivity index (χ1v) is 15.5. The van der Waals surface area contributed by atoms with Gasteiger partial charge in [0.1, 0.15) is 0 Å². The van der Waals surface area contributed by atoms with Crippen molar-refractivity contribution in [1.29, 1.82) is 0 Å². The number of aromatic nitrogens is 1. The second kappa shape index (κ2) is 20.3. The van der Waals surface area contributed by atoms with E-state index in [1.807, 2.05) is 59.6 Å². The zero-order valence-electron chi connectivity index (χ0n) is 24.1. The van der Waals surface area contributed by atoms with Crippen molar-refractivity contribution < 1.29 is 35.8 Å². The number of methoxy groups -OCH3 is 1. The molecule has 0 saturated heterocycles. The smallest absolute Gasteiger partial charge is 0.323 e. The number of amides is 2. The molecule has 2 aromatic carbocycles. The molecule has 0 radical (unpaired) electrons. The van der Waals surface area contributed by atoms with Gasteiger partial charge in [0.2, 0.25) is 5.51 Å². The van der Waals surface area contributed by atoms with Gasteiger partial charge in [-0.15, -0.1) is 0 Å². The Hall–Kier alpha value is -2.58. The van der Waals surface area contributed by atoms with Crippen LogP contribution < -0.4 is 41.7 Å².